The molecule has 20 heavy (non-hydrogen) atoms. The van der Waals surface area contributed by atoms with Gasteiger partial charge in [-0.1, -0.05) is 35.5 Å². The Morgan fingerprint density at radius 2 is 2.20 bits per heavy atom. The van der Waals surface area contributed by atoms with Crippen molar-refractivity contribution < 1.29 is 14.4 Å². The molecule has 5 heteroatoms. The summed E-state index contributed by atoms with van der Waals surface area (Å²) in [6, 6.07) is 9.68. The number of oxime groups is 1. The summed E-state index contributed by atoms with van der Waals surface area (Å²) in [5, 5.41) is 7.24. The fraction of sp³-hybridized carbons (Fsp3) is 0.467. The molecule has 0 saturated carbocycles. The molecule has 0 radical (unpaired) electrons. The molecule has 1 aromatic rings. The Bertz CT molecular complexity index is 449. The van der Waals surface area contributed by atoms with Crippen molar-refractivity contribution in [1.82, 2.24) is 5.32 Å². The van der Waals surface area contributed by atoms with Crippen LogP contribution in [0.5, 0.6) is 0 Å². The molecule has 1 aromatic carbocycles. The van der Waals surface area contributed by atoms with E-state index in [0.29, 0.717) is 26.2 Å². The molecule has 0 bridgehead atoms. The molecule has 1 fully saturated rings. The van der Waals surface area contributed by atoms with Gasteiger partial charge in [0.2, 0.25) is 0 Å². The fourth-order valence-corrected chi connectivity index (χ4v) is 2.04. The van der Waals surface area contributed by atoms with Gasteiger partial charge < -0.3 is 9.57 Å². The summed E-state index contributed by atoms with van der Waals surface area (Å²) in [5.74, 6) is -0.184. The monoisotopic (exact) mass is 276 g/mol. The molecule has 0 aromatic heterocycles. The maximum atomic E-state index is 11.5. The molecule has 2 rings (SSSR count). The maximum absolute atomic E-state index is 11.5. The number of hydrogen-bond donors (Lipinski definition) is 1. The number of esters is 1. The predicted octanol–water partition coefficient (Wildman–Crippen LogP) is 1.87. The number of carbonyl (C=O) groups is 1. The number of hydrogen-bond acceptors (Lipinski definition) is 5. The highest BCUT2D eigenvalue weighted by Gasteiger charge is 2.24. The second kappa shape index (κ2) is 7.65. The Labute approximate surface area is 118 Å². The van der Waals surface area contributed by atoms with Gasteiger partial charge in [0.05, 0.1) is 12.3 Å². The molecule has 1 N–H and O–H groups in total. The number of rotatable bonds is 5. The topological polar surface area (TPSA) is 59.9 Å². The largest absolute Gasteiger partial charge is 0.465 e. The Hall–Kier alpha value is -1.88. The van der Waals surface area contributed by atoms with E-state index in [1.807, 2.05) is 37.3 Å². The molecule has 5 nitrogen and oxygen atoms in total. The molecule has 1 heterocycles. The van der Waals surface area contributed by atoms with Crippen LogP contribution in [0.3, 0.4) is 0 Å². The minimum atomic E-state index is -0.219. The van der Waals surface area contributed by atoms with Gasteiger partial charge in [-0.15, -0.1) is 0 Å². The molecule has 1 aliphatic rings. The van der Waals surface area contributed by atoms with Crippen LogP contribution >= 0.6 is 0 Å². The molecule has 1 unspecified atom stereocenters. The van der Waals surface area contributed by atoms with Crippen molar-refractivity contribution in [3.63, 3.8) is 0 Å². The molecule has 1 atom stereocenters. The van der Waals surface area contributed by atoms with E-state index >= 15 is 0 Å². The van der Waals surface area contributed by atoms with Gasteiger partial charge in [-0.05, 0) is 25.3 Å². The Balaban J connectivity index is 1.73. The molecule has 0 amide bonds. The lowest BCUT2D eigenvalue weighted by molar-refractivity contribution is -0.145. The Kier molecular flexibility index (Phi) is 5.55. The summed E-state index contributed by atoms with van der Waals surface area (Å²) in [7, 11) is 0. The highest BCUT2D eigenvalue weighted by atomic mass is 16.6. The molecule has 108 valence electrons. The minimum Gasteiger partial charge on any atom is -0.465 e. The van der Waals surface area contributed by atoms with E-state index < -0.39 is 0 Å². The second-order valence-corrected chi connectivity index (χ2v) is 4.64. The summed E-state index contributed by atoms with van der Waals surface area (Å²) >= 11 is 0. The SMILES string of the molecule is CCOC(=O)C1CC/C(=N/OCc2ccccc2)CN1. The third-order valence-electron chi connectivity index (χ3n) is 3.11. The second-order valence-electron chi connectivity index (χ2n) is 4.64. The lowest BCUT2D eigenvalue weighted by Crippen LogP contribution is -2.45. The number of piperidine rings is 1. The highest BCUT2D eigenvalue weighted by Crippen LogP contribution is 2.08. The summed E-state index contributed by atoms with van der Waals surface area (Å²) in [4.78, 5) is 16.9. The standard InChI is InChI=1S/C15H20N2O3/c1-2-19-15(18)14-9-8-13(10-16-14)17-20-11-12-6-4-3-5-7-12/h3-7,14,16H,2,8-11H2,1H3/b17-13-. The molecule has 0 aliphatic carbocycles. The summed E-state index contributed by atoms with van der Waals surface area (Å²) < 4.78 is 4.98. The Morgan fingerprint density at radius 3 is 2.85 bits per heavy atom. The van der Waals surface area contributed by atoms with Crippen molar-refractivity contribution in [2.45, 2.75) is 32.4 Å². The van der Waals surface area contributed by atoms with Crippen LogP contribution in [0.15, 0.2) is 35.5 Å². The molecule has 0 spiro atoms. The van der Waals surface area contributed by atoms with Crippen molar-refractivity contribution in [1.29, 1.82) is 0 Å². The third-order valence-corrected chi connectivity index (χ3v) is 3.11. The van der Waals surface area contributed by atoms with Gasteiger partial charge >= 0.3 is 5.97 Å². The van der Waals surface area contributed by atoms with Crippen molar-refractivity contribution >= 4 is 11.7 Å². The molecular formula is C15H20N2O3. The first-order valence-electron chi connectivity index (χ1n) is 6.91. The van der Waals surface area contributed by atoms with E-state index in [-0.39, 0.29) is 12.0 Å². The molecular weight excluding hydrogens is 256 g/mol. The van der Waals surface area contributed by atoms with E-state index in [0.717, 1.165) is 17.7 Å². The van der Waals surface area contributed by atoms with Gasteiger partial charge in [0.25, 0.3) is 0 Å². The normalized spacial score (nSPS) is 20.6. The van der Waals surface area contributed by atoms with Crippen molar-refractivity contribution in [2.75, 3.05) is 13.2 Å². The zero-order valence-electron chi connectivity index (χ0n) is 11.7. The maximum Gasteiger partial charge on any atom is 0.323 e. The zero-order valence-corrected chi connectivity index (χ0v) is 11.7. The van der Waals surface area contributed by atoms with Gasteiger partial charge in [-0.25, -0.2) is 0 Å². The molecule has 1 aliphatic heterocycles. The number of nitrogens with zero attached hydrogens (tertiary/aromatic N) is 1. The highest BCUT2D eigenvalue weighted by molar-refractivity contribution is 5.89. The summed E-state index contributed by atoms with van der Waals surface area (Å²) in [6.45, 7) is 3.26. The lowest BCUT2D eigenvalue weighted by Gasteiger charge is -2.22. The first-order chi connectivity index (χ1) is 9.79. The molecule has 1 saturated heterocycles. The first kappa shape index (κ1) is 14.5. The van der Waals surface area contributed by atoms with E-state index in [1.54, 1.807) is 0 Å². The first-order valence-corrected chi connectivity index (χ1v) is 6.91. The number of nitrogens with one attached hydrogen (secondary N) is 1. The average Bonchev–Trinajstić information content (AvgIpc) is 2.49. The number of ether oxygens (including phenoxy) is 1. The van der Waals surface area contributed by atoms with Crippen LogP contribution in [0.25, 0.3) is 0 Å². The van der Waals surface area contributed by atoms with E-state index in [1.165, 1.54) is 0 Å². The smallest absolute Gasteiger partial charge is 0.323 e. The predicted molar refractivity (Wildman–Crippen MR) is 76.3 cm³/mol. The van der Waals surface area contributed by atoms with Crippen LogP contribution in [-0.2, 0) is 21.0 Å². The number of benzene rings is 1. The zero-order chi connectivity index (χ0) is 14.2. The van der Waals surface area contributed by atoms with Gasteiger partial charge in [0.15, 0.2) is 0 Å². The quantitative estimate of drug-likeness (QED) is 0.659. The van der Waals surface area contributed by atoms with Gasteiger partial charge in [-0.3, -0.25) is 10.1 Å². The van der Waals surface area contributed by atoms with Crippen molar-refractivity contribution in [3.05, 3.63) is 35.9 Å². The fourth-order valence-electron chi connectivity index (χ4n) is 2.04. The van der Waals surface area contributed by atoms with Crippen LogP contribution in [0.1, 0.15) is 25.3 Å². The van der Waals surface area contributed by atoms with Crippen molar-refractivity contribution in [2.24, 2.45) is 5.16 Å². The van der Waals surface area contributed by atoms with Crippen LogP contribution in [-0.4, -0.2) is 30.9 Å². The lowest BCUT2D eigenvalue weighted by atomic mass is 10.0. The van der Waals surface area contributed by atoms with E-state index in [4.69, 9.17) is 9.57 Å². The van der Waals surface area contributed by atoms with Crippen LogP contribution in [0, 0.1) is 0 Å². The summed E-state index contributed by atoms with van der Waals surface area (Å²) in [5.41, 5.74) is 2.02. The van der Waals surface area contributed by atoms with Crippen LogP contribution < -0.4 is 5.32 Å². The van der Waals surface area contributed by atoms with Crippen LogP contribution in [0.2, 0.25) is 0 Å². The van der Waals surface area contributed by atoms with Gasteiger partial charge in [0.1, 0.15) is 12.6 Å². The van der Waals surface area contributed by atoms with Gasteiger partial charge in [0, 0.05) is 6.54 Å². The summed E-state index contributed by atoms with van der Waals surface area (Å²) in [6.07, 6.45) is 1.46. The van der Waals surface area contributed by atoms with E-state index in [2.05, 4.69) is 10.5 Å². The van der Waals surface area contributed by atoms with Crippen molar-refractivity contribution in [3.8, 4) is 0 Å². The Morgan fingerprint density at radius 1 is 1.40 bits per heavy atom. The third kappa shape index (κ3) is 4.35. The minimum absolute atomic E-state index is 0.184. The average molecular weight is 276 g/mol. The number of carbonyl (C=O) groups excluding carboxylic acids is 1. The van der Waals surface area contributed by atoms with Crippen LogP contribution in [0.4, 0.5) is 0 Å². The van der Waals surface area contributed by atoms with Gasteiger partial charge in [-0.2, -0.15) is 0 Å². The van der Waals surface area contributed by atoms with E-state index in [9.17, 15) is 4.79 Å².